The molecule has 1 saturated heterocycles. The molecule has 0 aromatic rings. The quantitative estimate of drug-likeness (QED) is 0.729. The van der Waals surface area contributed by atoms with E-state index in [4.69, 9.17) is 0 Å². The molecule has 0 aromatic heterocycles. The Hall–Kier alpha value is -0.290. The molecular formula is C15H29F3N2. The molecule has 1 unspecified atom stereocenters. The summed E-state index contributed by atoms with van der Waals surface area (Å²) in [5.74, 6) is 0. The van der Waals surface area contributed by atoms with Crippen LogP contribution >= 0.6 is 0 Å². The summed E-state index contributed by atoms with van der Waals surface area (Å²) in [6.45, 7) is 6.49. The minimum atomic E-state index is -4.03. The van der Waals surface area contributed by atoms with E-state index in [-0.39, 0.29) is 18.0 Å². The van der Waals surface area contributed by atoms with E-state index in [2.05, 4.69) is 24.1 Å². The lowest BCUT2D eigenvalue weighted by Gasteiger charge is -2.47. The number of halogens is 3. The van der Waals surface area contributed by atoms with Gasteiger partial charge in [-0.05, 0) is 58.7 Å². The van der Waals surface area contributed by atoms with Gasteiger partial charge in [0.15, 0.2) is 0 Å². The zero-order valence-electron chi connectivity index (χ0n) is 13.0. The first kappa shape index (κ1) is 17.8. The van der Waals surface area contributed by atoms with Gasteiger partial charge in [0.2, 0.25) is 0 Å². The third kappa shape index (κ3) is 4.35. The van der Waals surface area contributed by atoms with E-state index < -0.39 is 12.6 Å². The predicted octanol–water partition coefficient (Wildman–Crippen LogP) is 3.96. The molecule has 1 rings (SSSR count). The van der Waals surface area contributed by atoms with Gasteiger partial charge in [0.25, 0.3) is 0 Å². The molecule has 1 aliphatic heterocycles. The van der Waals surface area contributed by atoms with Crippen LogP contribution in [0, 0.1) is 0 Å². The maximum Gasteiger partial charge on any atom is 0.389 e. The molecular weight excluding hydrogens is 265 g/mol. The largest absolute Gasteiger partial charge is 0.389 e. The van der Waals surface area contributed by atoms with Gasteiger partial charge in [-0.2, -0.15) is 13.2 Å². The monoisotopic (exact) mass is 294 g/mol. The SMILES string of the molecule is CCC(CC)(C(CCCC(F)(F)F)NC)N1CCCC1. The number of likely N-dealkylation sites (tertiary alicyclic amines) is 1. The molecule has 1 atom stereocenters. The van der Waals surface area contributed by atoms with Crippen LogP contribution in [0.4, 0.5) is 13.2 Å². The fourth-order valence-corrected chi connectivity index (χ4v) is 3.76. The molecule has 1 aliphatic rings. The van der Waals surface area contributed by atoms with E-state index in [1.54, 1.807) is 0 Å². The van der Waals surface area contributed by atoms with E-state index in [0.29, 0.717) is 6.42 Å². The Labute approximate surface area is 121 Å². The van der Waals surface area contributed by atoms with Crippen molar-refractivity contribution >= 4 is 0 Å². The molecule has 0 radical (unpaired) electrons. The lowest BCUT2D eigenvalue weighted by atomic mass is 9.80. The summed E-state index contributed by atoms with van der Waals surface area (Å²) in [5, 5.41) is 3.30. The molecule has 0 spiro atoms. The van der Waals surface area contributed by atoms with Gasteiger partial charge in [0.05, 0.1) is 0 Å². The normalized spacial score (nSPS) is 19.5. The number of nitrogens with zero attached hydrogens (tertiary/aromatic N) is 1. The van der Waals surface area contributed by atoms with Gasteiger partial charge in [-0.25, -0.2) is 0 Å². The van der Waals surface area contributed by atoms with Gasteiger partial charge >= 0.3 is 6.18 Å². The number of hydrogen-bond donors (Lipinski definition) is 1. The lowest BCUT2D eigenvalue weighted by molar-refractivity contribution is -0.136. The van der Waals surface area contributed by atoms with Gasteiger partial charge in [-0.1, -0.05) is 13.8 Å². The molecule has 20 heavy (non-hydrogen) atoms. The molecule has 0 saturated carbocycles. The molecule has 2 nitrogen and oxygen atoms in total. The highest BCUT2D eigenvalue weighted by Crippen LogP contribution is 2.34. The van der Waals surface area contributed by atoms with Crippen LogP contribution in [0.2, 0.25) is 0 Å². The second-order valence-corrected chi connectivity index (χ2v) is 5.85. The van der Waals surface area contributed by atoms with Crippen LogP contribution in [0.15, 0.2) is 0 Å². The zero-order valence-corrected chi connectivity index (χ0v) is 13.0. The maximum atomic E-state index is 12.3. The summed E-state index contributed by atoms with van der Waals surface area (Å²) in [5.41, 5.74) is 0.0108. The van der Waals surface area contributed by atoms with Gasteiger partial charge in [-0.3, -0.25) is 4.90 Å². The second-order valence-electron chi connectivity index (χ2n) is 5.85. The van der Waals surface area contributed by atoms with E-state index in [9.17, 15) is 13.2 Å². The second kappa shape index (κ2) is 7.64. The first-order valence-corrected chi connectivity index (χ1v) is 7.88. The number of alkyl halides is 3. The van der Waals surface area contributed by atoms with Crippen LogP contribution in [-0.2, 0) is 0 Å². The summed E-state index contributed by atoms with van der Waals surface area (Å²) in [7, 11) is 1.88. The minimum Gasteiger partial charge on any atom is -0.315 e. The van der Waals surface area contributed by atoms with E-state index in [0.717, 1.165) is 25.9 Å². The van der Waals surface area contributed by atoms with Gasteiger partial charge in [-0.15, -0.1) is 0 Å². The predicted molar refractivity (Wildman–Crippen MR) is 76.9 cm³/mol. The van der Waals surface area contributed by atoms with Crippen LogP contribution in [0.1, 0.15) is 58.8 Å². The first-order valence-electron chi connectivity index (χ1n) is 7.88. The van der Waals surface area contributed by atoms with Crippen molar-refractivity contribution in [2.24, 2.45) is 0 Å². The highest BCUT2D eigenvalue weighted by Gasteiger charge is 2.41. The fraction of sp³-hybridized carbons (Fsp3) is 1.00. The number of nitrogens with one attached hydrogen (secondary N) is 1. The number of hydrogen-bond acceptors (Lipinski definition) is 2. The topological polar surface area (TPSA) is 15.3 Å². The third-order valence-corrected chi connectivity index (χ3v) is 4.91. The smallest absolute Gasteiger partial charge is 0.315 e. The van der Waals surface area contributed by atoms with Gasteiger partial charge < -0.3 is 5.32 Å². The van der Waals surface area contributed by atoms with Crippen LogP contribution in [0.25, 0.3) is 0 Å². The summed E-state index contributed by atoms with van der Waals surface area (Å²) in [6, 6.07) is 0.137. The summed E-state index contributed by atoms with van der Waals surface area (Å²) >= 11 is 0. The molecule has 1 N–H and O–H groups in total. The van der Waals surface area contributed by atoms with E-state index >= 15 is 0 Å². The first-order chi connectivity index (χ1) is 9.39. The van der Waals surface area contributed by atoms with Crippen LogP contribution in [-0.4, -0.2) is 42.8 Å². The molecule has 120 valence electrons. The van der Waals surface area contributed by atoms with Crippen LogP contribution in [0.5, 0.6) is 0 Å². The van der Waals surface area contributed by atoms with Gasteiger partial charge in [0, 0.05) is 18.0 Å². The molecule has 0 aromatic carbocycles. The maximum absolute atomic E-state index is 12.3. The summed E-state index contributed by atoms with van der Waals surface area (Å²) < 4.78 is 37.0. The highest BCUT2D eigenvalue weighted by molar-refractivity contribution is 4.99. The lowest BCUT2D eigenvalue weighted by Crippen LogP contribution is -2.59. The Kier molecular flexibility index (Phi) is 6.79. The standard InChI is InChI=1S/C15H29F3N2/c1-4-14(5-2,20-11-6-7-12-20)13(19-3)9-8-10-15(16,17)18/h13,19H,4-12H2,1-3H3. The van der Waals surface area contributed by atoms with Crippen molar-refractivity contribution in [2.45, 2.75) is 76.6 Å². The van der Waals surface area contributed by atoms with Crippen molar-refractivity contribution in [1.82, 2.24) is 10.2 Å². The fourth-order valence-electron chi connectivity index (χ4n) is 3.76. The van der Waals surface area contributed by atoms with Crippen LogP contribution in [0.3, 0.4) is 0 Å². The van der Waals surface area contributed by atoms with Crippen molar-refractivity contribution in [2.75, 3.05) is 20.1 Å². The average molecular weight is 294 g/mol. The molecule has 0 aliphatic carbocycles. The van der Waals surface area contributed by atoms with Crippen molar-refractivity contribution in [1.29, 1.82) is 0 Å². The molecule has 1 fully saturated rings. The Bertz CT molecular complexity index is 269. The molecule has 0 amide bonds. The Balaban J connectivity index is 2.70. The van der Waals surface area contributed by atoms with Crippen molar-refractivity contribution < 1.29 is 13.2 Å². The zero-order chi connectivity index (χ0) is 15.2. The Morgan fingerprint density at radius 3 is 2.05 bits per heavy atom. The van der Waals surface area contributed by atoms with E-state index in [1.165, 1.54) is 12.8 Å². The Morgan fingerprint density at radius 2 is 1.65 bits per heavy atom. The van der Waals surface area contributed by atoms with E-state index in [1.807, 2.05) is 7.05 Å². The third-order valence-electron chi connectivity index (χ3n) is 4.91. The van der Waals surface area contributed by atoms with Crippen LogP contribution < -0.4 is 5.32 Å². The number of rotatable bonds is 8. The van der Waals surface area contributed by atoms with Gasteiger partial charge in [0.1, 0.15) is 0 Å². The summed E-state index contributed by atoms with van der Waals surface area (Å²) in [6.07, 6.45) is 0.490. The molecule has 0 bridgehead atoms. The minimum absolute atomic E-state index is 0.0108. The molecule has 5 heteroatoms. The van der Waals surface area contributed by atoms with Crippen molar-refractivity contribution in [3.8, 4) is 0 Å². The number of likely N-dealkylation sites (N-methyl/N-ethyl adjacent to an activating group) is 1. The highest BCUT2D eigenvalue weighted by atomic mass is 19.4. The molecule has 1 heterocycles. The van der Waals surface area contributed by atoms with Crippen molar-refractivity contribution in [3.63, 3.8) is 0 Å². The Morgan fingerprint density at radius 1 is 1.10 bits per heavy atom. The average Bonchev–Trinajstić information content (AvgIpc) is 2.91. The summed E-state index contributed by atoms with van der Waals surface area (Å²) in [4.78, 5) is 2.50. The van der Waals surface area contributed by atoms with Crippen molar-refractivity contribution in [3.05, 3.63) is 0 Å².